The largest absolute Gasteiger partial charge is 0.388 e. The van der Waals surface area contributed by atoms with Crippen LogP contribution in [0.15, 0.2) is 0 Å². The third kappa shape index (κ3) is 2.09. The molecule has 0 amide bonds. The predicted octanol–water partition coefficient (Wildman–Crippen LogP) is 3.42. The van der Waals surface area contributed by atoms with E-state index >= 15 is 0 Å². The average molecular weight is 277 g/mol. The van der Waals surface area contributed by atoms with Crippen molar-refractivity contribution in [3.63, 3.8) is 0 Å². The lowest BCUT2D eigenvalue weighted by molar-refractivity contribution is -0.120. The van der Waals surface area contributed by atoms with Crippen LogP contribution < -0.4 is 0 Å². The Hall–Kier alpha value is -0.590. The maximum absolute atomic E-state index is 11.3. The van der Waals surface area contributed by atoms with E-state index in [0.717, 1.165) is 38.5 Å². The molecule has 2 heterocycles. The Bertz CT molecular complexity index is 416. The summed E-state index contributed by atoms with van der Waals surface area (Å²) in [7, 11) is 0. The normalized spacial score (nSPS) is 47.6. The number of hydrogen-bond acceptors (Lipinski definition) is 3. The van der Waals surface area contributed by atoms with Crippen LogP contribution in [0.25, 0.3) is 0 Å². The molecule has 20 heavy (non-hydrogen) atoms. The molecule has 5 atom stereocenters. The van der Waals surface area contributed by atoms with E-state index in [9.17, 15) is 10.4 Å². The van der Waals surface area contributed by atoms with Crippen LogP contribution in [-0.2, 0) is 4.74 Å². The summed E-state index contributed by atoms with van der Waals surface area (Å²) in [6.07, 6.45) is 7.96. The van der Waals surface area contributed by atoms with E-state index in [1.807, 2.05) is 0 Å². The lowest BCUT2D eigenvalue weighted by atomic mass is 9.57. The molecule has 2 saturated heterocycles. The van der Waals surface area contributed by atoms with Gasteiger partial charge in [0.25, 0.3) is 0 Å². The second kappa shape index (κ2) is 5.00. The third-order valence-corrected chi connectivity index (χ3v) is 5.87. The predicted molar refractivity (Wildman–Crippen MR) is 76.9 cm³/mol. The number of rotatable bonds is 3. The highest BCUT2D eigenvalue weighted by Gasteiger charge is 2.64. The molecule has 0 aromatic carbocycles. The van der Waals surface area contributed by atoms with Gasteiger partial charge in [-0.3, -0.25) is 0 Å². The van der Waals surface area contributed by atoms with Crippen molar-refractivity contribution in [3.05, 3.63) is 0 Å². The molecule has 0 radical (unpaired) electrons. The van der Waals surface area contributed by atoms with E-state index in [0.29, 0.717) is 11.8 Å². The summed E-state index contributed by atoms with van der Waals surface area (Å²) in [5.74, 6) is 1.23. The Morgan fingerprint density at radius 3 is 2.65 bits per heavy atom. The maximum Gasteiger partial charge on any atom is 0.114 e. The van der Waals surface area contributed by atoms with Crippen LogP contribution in [0.1, 0.15) is 65.2 Å². The van der Waals surface area contributed by atoms with Crippen LogP contribution >= 0.6 is 0 Å². The molecule has 0 spiro atoms. The summed E-state index contributed by atoms with van der Waals surface area (Å²) in [6.45, 7) is 4.49. The van der Waals surface area contributed by atoms with Gasteiger partial charge in [0.05, 0.1) is 23.9 Å². The van der Waals surface area contributed by atoms with E-state index in [4.69, 9.17) is 4.74 Å². The molecule has 1 aliphatic carbocycles. The molecular formula is C17H27NO2. The highest BCUT2D eigenvalue weighted by Crippen LogP contribution is 2.58. The van der Waals surface area contributed by atoms with Crippen LogP contribution in [0.4, 0.5) is 0 Å². The van der Waals surface area contributed by atoms with Crippen molar-refractivity contribution in [3.8, 4) is 6.07 Å². The Morgan fingerprint density at radius 1 is 1.30 bits per heavy atom. The minimum absolute atomic E-state index is 0.0275. The number of hydrogen-bond donors (Lipinski definition) is 1. The highest BCUT2D eigenvalue weighted by molar-refractivity contribution is 5.21. The lowest BCUT2D eigenvalue weighted by Crippen LogP contribution is -2.55. The first-order valence-electron chi connectivity index (χ1n) is 8.28. The van der Waals surface area contributed by atoms with Gasteiger partial charge in [-0.15, -0.1) is 0 Å². The average Bonchev–Trinajstić information content (AvgIpc) is 2.98. The van der Waals surface area contributed by atoms with Crippen LogP contribution in [0.3, 0.4) is 0 Å². The molecule has 112 valence electrons. The summed E-state index contributed by atoms with van der Waals surface area (Å²) >= 11 is 0. The molecule has 2 aliphatic heterocycles. The van der Waals surface area contributed by atoms with E-state index in [-0.39, 0.29) is 12.2 Å². The molecule has 3 fully saturated rings. The highest BCUT2D eigenvalue weighted by atomic mass is 16.5. The number of nitrogens with zero attached hydrogens (tertiary/aromatic N) is 1. The standard InChI is InChI=1S/C17H27NO2/c1-12(2)8-13-4-3-7-17(19,9-13)16(11-18)10-14-5-6-15(16)20-14/h12-15,19H,3-10H2,1-2H3. The lowest BCUT2D eigenvalue weighted by Gasteiger charge is -2.48. The topological polar surface area (TPSA) is 53.2 Å². The zero-order chi connectivity index (χ0) is 14.4. The number of fused-ring (bicyclic) bond motifs is 2. The van der Waals surface area contributed by atoms with Gasteiger partial charge in [-0.25, -0.2) is 0 Å². The molecule has 3 rings (SSSR count). The molecule has 3 nitrogen and oxygen atoms in total. The summed E-state index contributed by atoms with van der Waals surface area (Å²) in [6, 6.07) is 2.52. The van der Waals surface area contributed by atoms with Gasteiger partial charge in [0.2, 0.25) is 0 Å². The van der Waals surface area contributed by atoms with Crippen molar-refractivity contribution >= 4 is 0 Å². The maximum atomic E-state index is 11.3. The number of ether oxygens (including phenoxy) is 1. The Morgan fingerprint density at radius 2 is 2.10 bits per heavy atom. The van der Waals surface area contributed by atoms with Gasteiger partial charge < -0.3 is 9.84 Å². The van der Waals surface area contributed by atoms with Crippen molar-refractivity contribution in [2.75, 3.05) is 0 Å². The number of aliphatic hydroxyl groups is 1. The quantitative estimate of drug-likeness (QED) is 0.860. The molecule has 2 bridgehead atoms. The smallest absolute Gasteiger partial charge is 0.114 e. The summed E-state index contributed by atoms with van der Waals surface area (Å²) in [4.78, 5) is 0. The third-order valence-electron chi connectivity index (χ3n) is 5.87. The molecule has 0 aromatic rings. The van der Waals surface area contributed by atoms with Crippen molar-refractivity contribution < 1.29 is 9.84 Å². The zero-order valence-electron chi connectivity index (χ0n) is 12.8. The first-order valence-corrected chi connectivity index (χ1v) is 8.28. The van der Waals surface area contributed by atoms with E-state index in [1.165, 1.54) is 12.8 Å². The summed E-state index contributed by atoms with van der Waals surface area (Å²) in [5, 5.41) is 21.2. The molecule has 5 unspecified atom stereocenters. The second-order valence-corrected chi connectivity index (χ2v) is 7.73. The SMILES string of the molecule is CC(C)CC1CCCC(O)(C2(C#N)CC3CCC2O3)C1. The molecule has 1 saturated carbocycles. The van der Waals surface area contributed by atoms with Crippen LogP contribution in [0.2, 0.25) is 0 Å². The molecule has 1 N–H and O–H groups in total. The van der Waals surface area contributed by atoms with Gasteiger partial charge in [-0.05, 0) is 50.4 Å². The summed E-state index contributed by atoms with van der Waals surface area (Å²) < 4.78 is 5.93. The van der Waals surface area contributed by atoms with Gasteiger partial charge in [0.15, 0.2) is 0 Å². The first kappa shape index (κ1) is 14.4. The minimum atomic E-state index is -0.820. The van der Waals surface area contributed by atoms with Crippen molar-refractivity contribution in [1.82, 2.24) is 0 Å². The van der Waals surface area contributed by atoms with Crippen LogP contribution in [0.5, 0.6) is 0 Å². The van der Waals surface area contributed by atoms with E-state index < -0.39 is 11.0 Å². The zero-order valence-corrected chi connectivity index (χ0v) is 12.8. The van der Waals surface area contributed by atoms with Crippen molar-refractivity contribution in [2.24, 2.45) is 17.3 Å². The number of nitriles is 1. The van der Waals surface area contributed by atoms with Gasteiger partial charge in [0, 0.05) is 0 Å². The van der Waals surface area contributed by atoms with Gasteiger partial charge in [-0.2, -0.15) is 5.26 Å². The fraction of sp³-hybridized carbons (Fsp3) is 0.941. The minimum Gasteiger partial charge on any atom is -0.388 e. The molecular weight excluding hydrogens is 250 g/mol. The van der Waals surface area contributed by atoms with Gasteiger partial charge >= 0.3 is 0 Å². The Balaban J connectivity index is 1.82. The fourth-order valence-electron chi connectivity index (χ4n) is 5.06. The molecule has 3 aliphatic rings. The van der Waals surface area contributed by atoms with E-state index in [2.05, 4.69) is 19.9 Å². The van der Waals surface area contributed by atoms with Crippen LogP contribution in [-0.4, -0.2) is 22.9 Å². The van der Waals surface area contributed by atoms with Gasteiger partial charge in [-0.1, -0.05) is 26.7 Å². The molecule has 0 aromatic heterocycles. The first-order chi connectivity index (χ1) is 9.49. The fourth-order valence-corrected chi connectivity index (χ4v) is 5.06. The summed E-state index contributed by atoms with van der Waals surface area (Å²) in [5.41, 5.74) is -1.45. The Labute approximate surface area is 122 Å². The molecule has 3 heteroatoms. The monoisotopic (exact) mass is 277 g/mol. The van der Waals surface area contributed by atoms with Crippen molar-refractivity contribution in [2.45, 2.75) is 83.0 Å². The second-order valence-electron chi connectivity index (χ2n) is 7.73. The van der Waals surface area contributed by atoms with Gasteiger partial charge in [0.1, 0.15) is 5.41 Å². The Kier molecular flexibility index (Phi) is 3.59. The van der Waals surface area contributed by atoms with E-state index in [1.54, 1.807) is 0 Å². The van der Waals surface area contributed by atoms with Crippen molar-refractivity contribution in [1.29, 1.82) is 5.26 Å². The van der Waals surface area contributed by atoms with Crippen LogP contribution in [0, 0.1) is 28.6 Å².